The molecule has 0 bridgehead atoms. The standard InChI is InChI=1S/C32H42F3N7O3Si/c1-22-21-42(11-10-40(22)2)27-7-6-23(30-36-9-8-28(39-30)41-12-14-44-15-13-41)18-26(27)38-31(43)24-20-37-29(19-25(24)32(33,34)35)45-16-17-46(3,4)5/h6-9,18-20,22H,10-17,21H2,1-5H3,(H,38,43). The molecule has 2 aromatic heterocycles. The summed E-state index contributed by atoms with van der Waals surface area (Å²) in [6.45, 7) is 13.6. The van der Waals surface area contributed by atoms with Crippen molar-refractivity contribution in [1.82, 2.24) is 19.9 Å². The van der Waals surface area contributed by atoms with Crippen molar-refractivity contribution in [3.63, 3.8) is 0 Å². The number of alkyl halides is 3. The van der Waals surface area contributed by atoms with Gasteiger partial charge in [-0.05, 0) is 44.3 Å². The zero-order valence-electron chi connectivity index (χ0n) is 27.0. The van der Waals surface area contributed by atoms with Crippen LogP contribution in [0.15, 0.2) is 42.7 Å². The van der Waals surface area contributed by atoms with E-state index < -0.39 is 31.3 Å². The number of pyridine rings is 1. The van der Waals surface area contributed by atoms with E-state index in [9.17, 15) is 18.0 Å². The second kappa shape index (κ2) is 13.9. The lowest BCUT2D eigenvalue weighted by molar-refractivity contribution is -0.138. The normalized spacial score (nSPS) is 18.0. The summed E-state index contributed by atoms with van der Waals surface area (Å²) in [5.41, 5.74) is 0.00301. The Bertz CT molecular complexity index is 1530. The number of likely N-dealkylation sites (N-methyl/N-ethyl adjacent to an activating group) is 1. The molecule has 1 atom stereocenters. The second-order valence-corrected chi connectivity index (χ2v) is 18.6. The van der Waals surface area contributed by atoms with Gasteiger partial charge in [0, 0.05) is 70.9 Å². The molecule has 0 radical (unpaired) electrons. The molecule has 2 aliphatic heterocycles. The van der Waals surface area contributed by atoms with Gasteiger partial charge in [-0.3, -0.25) is 4.79 Å². The van der Waals surface area contributed by atoms with Gasteiger partial charge < -0.3 is 29.5 Å². The molecule has 1 aromatic carbocycles. The van der Waals surface area contributed by atoms with Crippen LogP contribution in [0.5, 0.6) is 5.88 Å². The predicted octanol–water partition coefficient (Wildman–Crippen LogP) is 5.50. The average Bonchev–Trinajstić information content (AvgIpc) is 3.02. The molecule has 4 heterocycles. The van der Waals surface area contributed by atoms with Gasteiger partial charge in [0.1, 0.15) is 5.82 Å². The molecular formula is C32H42F3N7O3Si. The molecule has 0 saturated carbocycles. The first-order valence-corrected chi connectivity index (χ1v) is 19.3. The maximum Gasteiger partial charge on any atom is 0.417 e. The topological polar surface area (TPSA) is 96.0 Å². The van der Waals surface area contributed by atoms with Crippen LogP contribution in [0.3, 0.4) is 0 Å². The first-order chi connectivity index (χ1) is 21.8. The Morgan fingerprint density at radius 2 is 1.83 bits per heavy atom. The lowest BCUT2D eigenvalue weighted by Crippen LogP contribution is -2.50. The molecule has 0 aliphatic carbocycles. The Hall–Kier alpha value is -3.75. The number of aromatic nitrogens is 3. The highest BCUT2D eigenvalue weighted by Crippen LogP contribution is 2.36. The number of piperazine rings is 1. The molecule has 14 heteroatoms. The Kier molecular flexibility index (Phi) is 10.2. The minimum atomic E-state index is -4.79. The van der Waals surface area contributed by atoms with E-state index in [0.29, 0.717) is 62.2 Å². The van der Waals surface area contributed by atoms with Crippen molar-refractivity contribution < 1.29 is 27.4 Å². The lowest BCUT2D eigenvalue weighted by Gasteiger charge is -2.39. The Morgan fingerprint density at radius 1 is 1.07 bits per heavy atom. The molecule has 2 aliphatic rings. The largest absolute Gasteiger partial charge is 0.478 e. The van der Waals surface area contributed by atoms with Crippen LogP contribution in [0.2, 0.25) is 25.7 Å². The van der Waals surface area contributed by atoms with Crippen molar-refractivity contribution in [2.24, 2.45) is 0 Å². The minimum absolute atomic E-state index is 0.159. The van der Waals surface area contributed by atoms with Gasteiger partial charge in [0.15, 0.2) is 5.82 Å². The number of amides is 1. The van der Waals surface area contributed by atoms with E-state index in [1.54, 1.807) is 12.3 Å². The number of benzene rings is 1. The van der Waals surface area contributed by atoms with Gasteiger partial charge in [0.05, 0.1) is 42.3 Å². The number of nitrogens with zero attached hydrogens (tertiary/aromatic N) is 6. The zero-order valence-corrected chi connectivity index (χ0v) is 28.0. The van der Waals surface area contributed by atoms with Crippen molar-refractivity contribution in [3.05, 3.63) is 53.9 Å². The van der Waals surface area contributed by atoms with Crippen molar-refractivity contribution in [1.29, 1.82) is 0 Å². The summed E-state index contributed by atoms with van der Waals surface area (Å²) >= 11 is 0. The molecule has 2 fully saturated rings. The third kappa shape index (κ3) is 8.33. The molecule has 0 spiro atoms. The van der Waals surface area contributed by atoms with Crippen LogP contribution < -0.4 is 19.9 Å². The van der Waals surface area contributed by atoms with Gasteiger partial charge in [-0.25, -0.2) is 15.0 Å². The molecule has 5 rings (SSSR count). The third-order valence-electron chi connectivity index (χ3n) is 8.31. The highest BCUT2D eigenvalue weighted by molar-refractivity contribution is 6.76. The van der Waals surface area contributed by atoms with Crippen LogP contribution in [-0.4, -0.2) is 99.5 Å². The summed E-state index contributed by atoms with van der Waals surface area (Å²) in [6, 6.07) is 9.11. The molecule has 2 saturated heterocycles. The van der Waals surface area contributed by atoms with E-state index in [-0.39, 0.29) is 18.5 Å². The van der Waals surface area contributed by atoms with Crippen LogP contribution in [-0.2, 0) is 10.9 Å². The highest BCUT2D eigenvalue weighted by atomic mass is 28.3. The van der Waals surface area contributed by atoms with Crippen LogP contribution in [0, 0.1) is 0 Å². The summed E-state index contributed by atoms with van der Waals surface area (Å²) in [6.07, 6.45) is -2.17. The van der Waals surface area contributed by atoms with Crippen LogP contribution in [0.25, 0.3) is 11.4 Å². The first kappa shape index (κ1) is 33.6. The smallest absolute Gasteiger partial charge is 0.417 e. The second-order valence-electron chi connectivity index (χ2n) is 13.0. The summed E-state index contributed by atoms with van der Waals surface area (Å²) < 4.78 is 53.8. The van der Waals surface area contributed by atoms with Crippen molar-refractivity contribution >= 4 is 31.2 Å². The Morgan fingerprint density at radius 3 is 2.52 bits per heavy atom. The van der Waals surface area contributed by atoms with Gasteiger partial charge >= 0.3 is 6.18 Å². The Balaban J connectivity index is 1.47. The summed E-state index contributed by atoms with van der Waals surface area (Å²) in [5, 5.41) is 2.78. The van der Waals surface area contributed by atoms with Gasteiger partial charge in [-0.1, -0.05) is 19.6 Å². The van der Waals surface area contributed by atoms with E-state index in [1.807, 2.05) is 18.2 Å². The molecule has 1 amide bonds. The molecule has 1 N–H and O–H groups in total. The van der Waals surface area contributed by atoms with E-state index in [0.717, 1.165) is 30.7 Å². The van der Waals surface area contributed by atoms with Gasteiger partial charge in [-0.15, -0.1) is 0 Å². The molecule has 1 unspecified atom stereocenters. The third-order valence-corrected chi connectivity index (χ3v) is 10.0. The lowest BCUT2D eigenvalue weighted by atomic mass is 10.1. The molecule has 3 aromatic rings. The monoisotopic (exact) mass is 657 g/mol. The summed E-state index contributed by atoms with van der Waals surface area (Å²) in [7, 11) is 0.587. The maximum absolute atomic E-state index is 14.3. The number of nitrogens with one attached hydrogen (secondary N) is 1. The number of morpholine rings is 1. The zero-order chi connectivity index (χ0) is 33.1. The van der Waals surface area contributed by atoms with E-state index in [2.05, 4.69) is 63.6 Å². The number of anilines is 3. The number of rotatable bonds is 9. The van der Waals surface area contributed by atoms with Crippen molar-refractivity contribution in [3.8, 4) is 17.3 Å². The number of ether oxygens (including phenoxy) is 2. The van der Waals surface area contributed by atoms with E-state index in [1.165, 1.54) is 0 Å². The van der Waals surface area contributed by atoms with Crippen molar-refractivity contribution in [2.45, 2.75) is 44.8 Å². The molecular weight excluding hydrogens is 615 g/mol. The summed E-state index contributed by atoms with van der Waals surface area (Å²) in [5.74, 6) is 0.115. The minimum Gasteiger partial charge on any atom is -0.478 e. The number of carbonyl (C=O) groups excluding carboxylic acids is 1. The summed E-state index contributed by atoms with van der Waals surface area (Å²) in [4.78, 5) is 33.4. The Labute approximate surface area is 268 Å². The van der Waals surface area contributed by atoms with E-state index >= 15 is 0 Å². The molecule has 10 nitrogen and oxygen atoms in total. The van der Waals surface area contributed by atoms with Gasteiger partial charge in [0.25, 0.3) is 5.91 Å². The highest BCUT2D eigenvalue weighted by Gasteiger charge is 2.37. The van der Waals surface area contributed by atoms with Crippen LogP contribution in [0.4, 0.5) is 30.4 Å². The average molecular weight is 658 g/mol. The fraction of sp³-hybridized carbons (Fsp3) is 0.500. The van der Waals surface area contributed by atoms with E-state index in [4.69, 9.17) is 14.5 Å². The first-order valence-electron chi connectivity index (χ1n) is 15.6. The van der Waals surface area contributed by atoms with Gasteiger partial charge in [-0.2, -0.15) is 13.2 Å². The fourth-order valence-electron chi connectivity index (χ4n) is 5.36. The van der Waals surface area contributed by atoms with Gasteiger partial charge in [0.2, 0.25) is 5.88 Å². The molecule has 248 valence electrons. The predicted molar refractivity (Wildman–Crippen MR) is 176 cm³/mol. The number of carbonyl (C=O) groups is 1. The van der Waals surface area contributed by atoms with Crippen molar-refractivity contribution in [2.75, 3.05) is 74.7 Å². The van der Waals surface area contributed by atoms with Crippen LogP contribution in [0.1, 0.15) is 22.8 Å². The SMILES string of the molecule is CC1CN(c2ccc(-c3nccc(N4CCOCC4)n3)cc2NC(=O)c2cnc(OCC[Si](C)(C)C)cc2C(F)(F)F)CCN1C. The fourth-order valence-corrected chi connectivity index (χ4v) is 6.07. The number of hydrogen-bond donors (Lipinski definition) is 1. The quantitative estimate of drug-likeness (QED) is 0.299. The number of halogens is 3. The van der Waals surface area contributed by atoms with Crippen LogP contribution >= 0.6 is 0 Å². The molecule has 46 heavy (non-hydrogen) atoms. The number of hydrogen-bond acceptors (Lipinski definition) is 9. The maximum atomic E-state index is 14.3.